The van der Waals surface area contributed by atoms with Gasteiger partial charge < -0.3 is 19.3 Å². The number of rotatable bonds is 6. The minimum Gasteiger partial charge on any atom is -0.495 e. The number of benzene rings is 2. The van der Waals surface area contributed by atoms with E-state index < -0.39 is 0 Å². The van der Waals surface area contributed by atoms with Gasteiger partial charge in [-0.15, -0.1) is 11.3 Å². The summed E-state index contributed by atoms with van der Waals surface area (Å²) in [6.07, 6.45) is 0.236. The second-order valence-corrected chi connectivity index (χ2v) is 8.10. The van der Waals surface area contributed by atoms with Crippen LogP contribution in [0.25, 0.3) is 11.3 Å². The van der Waals surface area contributed by atoms with Gasteiger partial charge in [0.1, 0.15) is 5.75 Å². The van der Waals surface area contributed by atoms with E-state index in [1.807, 2.05) is 48.5 Å². The molecule has 0 bridgehead atoms. The van der Waals surface area contributed by atoms with Crippen molar-refractivity contribution in [3.8, 4) is 17.0 Å². The number of piperazine rings is 1. The molecule has 30 heavy (non-hydrogen) atoms. The van der Waals surface area contributed by atoms with Gasteiger partial charge in [-0.05, 0) is 12.1 Å². The van der Waals surface area contributed by atoms with Crippen molar-refractivity contribution < 1.29 is 14.3 Å². The van der Waals surface area contributed by atoms with Crippen LogP contribution < -0.4 is 14.5 Å². The summed E-state index contributed by atoms with van der Waals surface area (Å²) < 4.78 is 10.4. The Hall–Kier alpha value is -3.06. The molecule has 0 aliphatic carbocycles. The molecule has 2 heterocycles. The summed E-state index contributed by atoms with van der Waals surface area (Å²) in [5.74, 6) is 0.648. The molecule has 156 valence electrons. The predicted molar refractivity (Wildman–Crippen MR) is 121 cm³/mol. The molecule has 0 atom stereocenters. The van der Waals surface area contributed by atoms with Crippen LogP contribution in [-0.2, 0) is 16.0 Å². The number of carbonyl (C=O) groups excluding carboxylic acids is 1. The first-order valence-corrected chi connectivity index (χ1v) is 10.8. The van der Waals surface area contributed by atoms with Gasteiger partial charge in [0, 0.05) is 36.6 Å². The third-order valence-electron chi connectivity index (χ3n) is 5.24. The highest BCUT2D eigenvalue weighted by atomic mass is 32.1. The number of methoxy groups -OCH3 is 2. The summed E-state index contributed by atoms with van der Waals surface area (Å²) in [5, 5.41) is 0.951. The molecule has 0 N–H and O–H groups in total. The van der Waals surface area contributed by atoms with E-state index in [-0.39, 0.29) is 12.4 Å². The molecule has 0 unspecified atom stereocenters. The Bertz CT molecular complexity index is 998. The molecule has 1 aliphatic rings. The first kappa shape index (κ1) is 20.2. The number of para-hydroxylation sites is 2. The summed E-state index contributed by atoms with van der Waals surface area (Å²) >= 11 is 1.58. The van der Waals surface area contributed by atoms with Crippen molar-refractivity contribution in [1.82, 2.24) is 4.98 Å². The lowest BCUT2D eigenvalue weighted by molar-refractivity contribution is -0.139. The van der Waals surface area contributed by atoms with Crippen LogP contribution in [0.3, 0.4) is 0 Å². The number of nitrogens with zero attached hydrogens (tertiary/aromatic N) is 3. The standard InChI is InChI=1S/C23H25N3O3S/c1-28-19-11-7-6-10-18(19)25-12-14-26(15-13-25)23-24-22(17-8-4-3-5-9-17)20(30-23)16-21(27)29-2/h3-11H,12-16H2,1-2H3. The highest BCUT2D eigenvalue weighted by molar-refractivity contribution is 7.16. The molecule has 0 saturated carbocycles. The Morgan fingerprint density at radius 1 is 0.967 bits per heavy atom. The van der Waals surface area contributed by atoms with E-state index in [0.29, 0.717) is 0 Å². The average molecular weight is 424 g/mol. The summed E-state index contributed by atoms with van der Waals surface area (Å²) in [7, 11) is 3.13. The van der Waals surface area contributed by atoms with Gasteiger partial charge in [0.05, 0.1) is 32.0 Å². The number of ether oxygens (including phenoxy) is 2. The lowest BCUT2D eigenvalue weighted by atomic mass is 10.1. The van der Waals surface area contributed by atoms with Gasteiger partial charge in [0.25, 0.3) is 0 Å². The highest BCUT2D eigenvalue weighted by Gasteiger charge is 2.24. The number of carbonyl (C=O) groups is 1. The van der Waals surface area contributed by atoms with Gasteiger partial charge in [-0.3, -0.25) is 4.79 Å². The minimum absolute atomic E-state index is 0.236. The third kappa shape index (κ3) is 4.26. The molecular formula is C23H25N3O3S. The molecule has 0 radical (unpaired) electrons. The smallest absolute Gasteiger partial charge is 0.310 e. The Kier molecular flexibility index (Phi) is 6.18. The van der Waals surface area contributed by atoms with E-state index in [2.05, 4.69) is 15.9 Å². The van der Waals surface area contributed by atoms with Crippen LogP contribution in [0.5, 0.6) is 5.75 Å². The SMILES string of the molecule is COC(=O)Cc1sc(N2CCN(c3ccccc3OC)CC2)nc1-c1ccccc1. The van der Waals surface area contributed by atoms with Crippen LogP contribution in [0.2, 0.25) is 0 Å². The van der Waals surface area contributed by atoms with Crippen LogP contribution in [0.1, 0.15) is 4.88 Å². The molecule has 1 aliphatic heterocycles. The second kappa shape index (κ2) is 9.17. The number of anilines is 2. The van der Waals surface area contributed by atoms with E-state index in [4.69, 9.17) is 14.5 Å². The van der Waals surface area contributed by atoms with Crippen molar-refractivity contribution in [2.24, 2.45) is 0 Å². The first-order chi connectivity index (χ1) is 14.7. The lowest BCUT2D eigenvalue weighted by Gasteiger charge is -2.36. The first-order valence-electron chi connectivity index (χ1n) is 9.94. The van der Waals surface area contributed by atoms with Gasteiger partial charge in [-0.2, -0.15) is 0 Å². The van der Waals surface area contributed by atoms with E-state index in [1.54, 1.807) is 18.4 Å². The fraction of sp³-hybridized carbons (Fsp3) is 0.304. The van der Waals surface area contributed by atoms with Gasteiger partial charge in [0.2, 0.25) is 0 Å². The molecule has 2 aromatic carbocycles. The minimum atomic E-state index is -0.247. The average Bonchev–Trinajstić information content (AvgIpc) is 3.23. The van der Waals surface area contributed by atoms with Crippen molar-refractivity contribution in [1.29, 1.82) is 0 Å². The molecular weight excluding hydrogens is 398 g/mol. The zero-order chi connectivity index (χ0) is 20.9. The van der Waals surface area contributed by atoms with Crippen molar-refractivity contribution in [3.63, 3.8) is 0 Å². The topological polar surface area (TPSA) is 54.9 Å². The van der Waals surface area contributed by atoms with E-state index in [0.717, 1.165) is 58.9 Å². The summed E-state index contributed by atoms with van der Waals surface area (Å²) in [4.78, 5) is 22.4. The number of thiazole rings is 1. The zero-order valence-electron chi connectivity index (χ0n) is 17.2. The number of aromatic nitrogens is 1. The van der Waals surface area contributed by atoms with E-state index in [1.165, 1.54) is 7.11 Å². The molecule has 4 rings (SSSR count). The fourth-order valence-electron chi connectivity index (χ4n) is 3.65. The predicted octanol–water partition coefficient (Wildman–Crippen LogP) is 3.86. The number of hydrogen-bond donors (Lipinski definition) is 0. The van der Waals surface area contributed by atoms with Crippen molar-refractivity contribution in [3.05, 3.63) is 59.5 Å². The Balaban J connectivity index is 1.54. The van der Waals surface area contributed by atoms with Crippen LogP contribution >= 0.6 is 11.3 Å². The lowest BCUT2D eigenvalue weighted by Crippen LogP contribution is -2.46. The van der Waals surface area contributed by atoms with Crippen LogP contribution in [0.15, 0.2) is 54.6 Å². The monoisotopic (exact) mass is 423 g/mol. The van der Waals surface area contributed by atoms with E-state index in [9.17, 15) is 4.79 Å². The van der Waals surface area contributed by atoms with Crippen LogP contribution in [-0.4, -0.2) is 51.4 Å². The zero-order valence-corrected chi connectivity index (χ0v) is 18.0. The molecule has 1 saturated heterocycles. The quantitative estimate of drug-likeness (QED) is 0.561. The van der Waals surface area contributed by atoms with Gasteiger partial charge in [-0.25, -0.2) is 4.98 Å². The van der Waals surface area contributed by atoms with Crippen molar-refractivity contribution in [2.45, 2.75) is 6.42 Å². The molecule has 6 nitrogen and oxygen atoms in total. The Morgan fingerprint density at radius 3 is 2.33 bits per heavy atom. The summed E-state index contributed by atoms with van der Waals surface area (Å²) in [5.41, 5.74) is 3.01. The van der Waals surface area contributed by atoms with Crippen molar-refractivity contribution in [2.75, 3.05) is 50.2 Å². The van der Waals surface area contributed by atoms with E-state index >= 15 is 0 Å². The Labute approximate surface area is 180 Å². The maximum atomic E-state index is 11.9. The molecule has 1 fully saturated rings. The number of hydrogen-bond acceptors (Lipinski definition) is 7. The molecule has 0 amide bonds. The maximum Gasteiger partial charge on any atom is 0.310 e. The van der Waals surface area contributed by atoms with Crippen LogP contribution in [0, 0.1) is 0 Å². The third-order valence-corrected chi connectivity index (χ3v) is 6.36. The second-order valence-electron chi connectivity index (χ2n) is 7.03. The van der Waals surface area contributed by atoms with Gasteiger partial charge >= 0.3 is 5.97 Å². The molecule has 1 aromatic heterocycles. The van der Waals surface area contributed by atoms with Gasteiger partial charge in [-0.1, -0.05) is 42.5 Å². The molecule has 0 spiro atoms. The molecule has 7 heteroatoms. The Morgan fingerprint density at radius 2 is 1.63 bits per heavy atom. The summed E-state index contributed by atoms with van der Waals surface area (Å²) in [6.45, 7) is 3.48. The highest BCUT2D eigenvalue weighted by Crippen LogP contribution is 2.35. The number of esters is 1. The van der Waals surface area contributed by atoms with Crippen LogP contribution in [0.4, 0.5) is 10.8 Å². The largest absolute Gasteiger partial charge is 0.495 e. The van der Waals surface area contributed by atoms with Crippen molar-refractivity contribution >= 4 is 28.1 Å². The summed E-state index contributed by atoms with van der Waals surface area (Å²) in [6, 6.07) is 18.1. The van der Waals surface area contributed by atoms with Gasteiger partial charge in [0.15, 0.2) is 5.13 Å². The molecule has 3 aromatic rings. The fourth-order valence-corrected chi connectivity index (χ4v) is 4.77. The normalized spacial score (nSPS) is 13.9. The maximum absolute atomic E-state index is 11.9.